The summed E-state index contributed by atoms with van der Waals surface area (Å²) in [7, 11) is 1.77. The van der Waals surface area contributed by atoms with Crippen molar-refractivity contribution in [3.63, 3.8) is 0 Å². The fourth-order valence-corrected chi connectivity index (χ4v) is 1.86. The summed E-state index contributed by atoms with van der Waals surface area (Å²) < 4.78 is 8.21. The van der Waals surface area contributed by atoms with E-state index in [4.69, 9.17) is 10.2 Å². The van der Waals surface area contributed by atoms with Crippen molar-refractivity contribution >= 4 is 16.8 Å². The maximum atomic E-state index is 11.8. The molecule has 7 heteroatoms. The number of nitrogen functional groups attached to an aromatic ring is 1. The summed E-state index contributed by atoms with van der Waals surface area (Å²) in [6.45, 7) is 0.323. The van der Waals surface area contributed by atoms with Crippen molar-refractivity contribution in [3.8, 4) is 0 Å². The van der Waals surface area contributed by atoms with Gasteiger partial charge in [-0.1, -0.05) is 5.21 Å². The Balaban J connectivity index is 2.11. The number of aromatic nitrogens is 4. The first-order valence-corrected chi connectivity index (χ1v) is 5.37. The zero-order chi connectivity index (χ0) is 12.7. The van der Waals surface area contributed by atoms with E-state index in [1.807, 2.05) is 0 Å². The topological polar surface area (TPSA) is 91.9 Å². The number of oxazole rings is 1. The highest BCUT2D eigenvalue weighted by Gasteiger charge is 2.11. The third-order valence-corrected chi connectivity index (χ3v) is 2.66. The standard InChI is InChI=1S/C11H11N5O2/c1-15-5-8(13-14-15)6-16-9-3-2-7(12)4-10(9)18-11(16)17/h2-5H,6,12H2,1H3. The Morgan fingerprint density at radius 1 is 1.44 bits per heavy atom. The molecule has 0 radical (unpaired) electrons. The molecule has 92 valence electrons. The van der Waals surface area contributed by atoms with Crippen LogP contribution in [0, 0.1) is 0 Å². The van der Waals surface area contributed by atoms with Crippen LogP contribution in [0.3, 0.4) is 0 Å². The van der Waals surface area contributed by atoms with Gasteiger partial charge in [0.2, 0.25) is 0 Å². The van der Waals surface area contributed by atoms with Gasteiger partial charge >= 0.3 is 5.76 Å². The summed E-state index contributed by atoms with van der Waals surface area (Å²) in [6.07, 6.45) is 1.75. The Labute approximate surface area is 101 Å². The van der Waals surface area contributed by atoms with Crippen LogP contribution < -0.4 is 11.5 Å². The average molecular weight is 245 g/mol. The molecular formula is C11H11N5O2. The van der Waals surface area contributed by atoms with Gasteiger partial charge in [0.25, 0.3) is 0 Å². The molecule has 2 aromatic heterocycles. The fraction of sp³-hybridized carbons (Fsp3) is 0.182. The summed E-state index contributed by atoms with van der Waals surface area (Å²) in [6, 6.07) is 5.11. The smallest absolute Gasteiger partial charge is 0.408 e. The second kappa shape index (κ2) is 3.73. The Bertz CT molecular complexity index is 767. The third-order valence-electron chi connectivity index (χ3n) is 2.66. The number of aryl methyl sites for hydroxylation is 1. The van der Waals surface area contributed by atoms with Crippen molar-refractivity contribution in [1.82, 2.24) is 19.6 Å². The Morgan fingerprint density at radius 2 is 2.28 bits per heavy atom. The van der Waals surface area contributed by atoms with Gasteiger partial charge in [0.1, 0.15) is 5.69 Å². The van der Waals surface area contributed by atoms with Crippen LogP contribution in [-0.2, 0) is 13.6 Å². The number of fused-ring (bicyclic) bond motifs is 1. The van der Waals surface area contributed by atoms with Crippen LogP contribution in [0.25, 0.3) is 11.1 Å². The highest BCUT2D eigenvalue weighted by molar-refractivity contribution is 5.76. The lowest BCUT2D eigenvalue weighted by Gasteiger charge is -1.98. The van der Waals surface area contributed by atoms with E-state index in [1.54, 1.807) is 36.1 Å². The van der Waals surface area contributed by atoms with Crippen LogP contribution >= 0.6 is 0 Å². The number of hydrogen-bond donors (Lipinski definition) is 1. The largest absolute Gasteiger partial charge is 0.420 e. The molecule has 1 aromatic carbocycles. The highest BCUT2D eigenvalue weighted by atomic mass is 16.4. The van der Waals surface area contributed by atoms with Crippen LogP contribution in [0.5, 0.6) is 0 Å². The van der Waals surface area contributed by atoms with Crippen LogP contribution in [-0.4, -0.2) is 19.6 Å². The van der Waals surface area contributed by atoms with Gasteiger partial charge in [0.15, 0.2) is 5.58 Å². The van der Waals surface area contributed by atoms with E-state index in [1.165, 1.54) is 4.57 Å². The summed E-state index contributed by atoms with van der Waals surface area (Å²) in [5.74, 6) is -0.429. The van der Waals surface area contributed by atoms with E-state index in [0.717, 1.165) is 0 Å². The number of nitrogens with two attached hydrogens (primary N) is 1. The maximum Gasteiger partial charge on any atom is 0.420 e. The summed E-state index contributed by atoms with van der Waals surface area (Å²) in [5.41, 5.74) is 8.06. The second-order valence-corrected chi connectivity index (χ2v) is 4.06. The van der Waals surface area contributed by atoms with E-state index in [-0.39, 0.29) is 0 Å². The third kappa shape index (κ3) is 1.65. The summed E-state index contributed by atoms with van der Waals surface area (Å²) in [4.78, 5) is 11.8. The van der Waals surface area contributed by atoms with E-state index in [0.29, 0.717) is 29.0 Å². The zero-order valence-corrected chi connectivity index (χ0v) is 9.70. The van der Waals surface area contributed by atoms with Gasteiger partial charge in [0, 0.05) is 25.0 Å². The van der Waals surface area contributed by atoms with E-state index < -0.39 is 5.76 Å². The first-order chi connectivity index (χ1) is 8.63. The van der Waals surface area contributed by atoms with Gasteiger partial charge in [-0.25, -0.2) is 4.79 Å². The molecule has 0 aliphatic rings. The van der Waals surface area contributed by atoms with Crippen LogP contribution in [0.15, 0.2) is 33.6 Å². The lowest BCUT2D eigenvalue weighted by Crippen LogP contribution is -2.15. The lowest BCUT2D eigenvalue weighted by molar-refractivity contribution is 0.516. The second-order valence-electron chi connectivity index (χ2n) is 4.06. The molecule has 0 bridgehead atoms. The van der Waals surface area contributed by atoms with Gasteiger partial charge in [-0.05, 0) is 12.1 Å². The highest BCUT2D eigenvalue weighted by Crippen LogP contribution is 2.16. The minimum absolute atomic E-state index is 0.323. The Morgan fingerprint density at radius 3 is 3.00 bits per heavy atom. The molecule has 0 atom stereocenters. The minimum atomic E-state index is -0.429. The van der Waals surface area contributed by atoms with Gasteiger partial charge < -0.3 is 10.2 Å². The number of anilines is 1. The molecule has 0 spiro atoms. The predicted molar refractivity (Wildman–Crippen MR) is 65.0 cm³/mol. The van der Waals surface area contributed by atoms with E-state index in [2.05, 4.69) is 10.3 Å². The molecule has 7 nitrogen and oxygen atoms in total. The van der Waals surface area contributed by atoms with Crippen molar-refractivity contribution in [2.45, 2.75) is 6.54 Å². The van der Waals surface area contributed by atoms with Crippen molar-refractivity contribution in [2.24, 2.45) is 7.05 Å². The first kappa shape index (κ1) is 10.6. The van der Waals surface area contributed by atoms with E-state index >= 15 is 0 Å². The lowest BCUT2D eigenvalue weighted by atomic mass is 10.3. The van der Waals surface area contributed by atoms with Crippen molar-refractivity contribution in [1.29, 1.82) is 0 Å². The van der Waals surface area contributed by atoms with Crippen LogP contribution in [0.4, 0.5) is 5.69 Å². The molecule has 3 aromatic rings. The molecule has 2 heterocycles. The van der Waals surface area contributed by atoms with Crippen molar-refractivity contribution in [2.75, 3.05) is 5.73 Å². The Hall–Kier alpha value is -2.57. The predicted octanol–water partition coefficient (Wildman–Crippen LogP) is 0.354. The number of hydrogen-bond acceptors (Lipinski definition) is 5. The molecule has 0 aliphatic heterocycles. The molecular weight excluding hydrogens is 234 g/mol. The molecule has 18 heavy (non-hydrogen) atoms. The SMILES string of the molecule is Cn1cc(Cn2c(=O)oc3cc(N)ccc32)nn1. The monoisotopic (exact) mass is 245 g/mol. The zero-order valence-electron chi connectivity index (χ0n) is 9.70. The summed E-state index contributed by atoms with van der Waals surface area (Å²) >= 11 is 0. The van der Waals surface area contributed by atoms with Crippen LogP contribution in [0.2, 0.25) is 0 Å². The Kier molecular flexibility index (Phi) is 2.19. The number of nitrogens with zero attached hydrogens (tertiary/aromatic N) is 4. The van der Waals surface area contributed by atoms with Crippen molar-refractivity contribution < 1.29 is 4.42 Å². The molecule has 0 amide bonds. The van der Waals surface area contributed by atoms with Crippen LogP contribution in [0.1, 0.15) is 5.69 Å². The molecule has 0 aliphatic carbocycles. The van der Waals surface area contributed by atoms with Gasteiger partial charge in [0.05, 0.1) is 12.1 Å². The number of rotatable bonds is 2. The van der Waals surface area contributed by atoms with Crippen molar-refractivity contribution in [3.05, 3.63) is 40.6 Å². The summed E-state index contributed by atoms with van der Waals surface area (Å²) in [5, 5.41) is 7.76. The average Bonchev–Trinajstić information content (AvgIpc) is 2.84. The fourth-order valence-electron chi connectivity index (χ4n) is 1.86. The minimum Gasteiger partial charge on any atom is -0.408 e. The molecule has 0 unspecified atom stereocenters. The quantitative estimate of drug-likeness (QED) is 0.658. The van der Waals surface area contributed by atoms with Gasteiger partial charge in [-0.15, -0.1) is 5.10 Å². The molecule has 3 rings (SSSR count). The normalized spacial score (nSPS) is 11.2. The molecule has 0 fully saturated rings. The first-order valence-electron chi connectivity index (χ1n) is 5.37. The molecule has 0 saturated heterocycles. The van der Waals surface area contributed by atoms with Gasteiger partial charge in [-0.3, -0.25) is 9.25 Å². The number of benzene rings is 1. The molecule has 0 saturated carbocycles. The maximum absolute atomic E-state index is 11.8. The van der Waals surface area contributed by atoms with Gasteiger partial charge in [-0.2, -0.15) is 0 Å². The molecule has 2 N–H and O–H groups in total. The van der Waals surface area contributed by atoms with E-state index in [9.17, 15) is 4.79 Å².